The van der Waals surface area contributed by atoms with Crippen LogP contribution in [0, 0.1) is 0 Å². The van der Waals surface area contributed by atoms with Crippen molar-refractivity contribution in [3.63, 3.8) is 0 Å². The van der Waals surface area contributed by atoms with Gasteiger partial charge in [-0.2, -0.15) is 0 Å². The molecule has 0 spiro atoms. The van der Waals surface area contributed by atoms with Gasteiger partial charge in [-0.15, -0.1) is 34.2 Å². The fraction of sp³-hybridized carbons (Fsp3) is 0.474. The van der Waals surface area contributed by atoms with Crippen LogP contribution in [0.4, 0.5) is 0 Å². The van der Waals surface area contributed by atoms with Crippen molar-refractivity contribution in [2.24, 2.45) is 4.99 Å². The third-order valence-corrected chi connectivity index (χ3v) is 4.07. The van der Waals surface area contributed by atoms with Crippen molar-refractivity contribution < 1.29 is 4.79 Å². The molecule has 0 bridgehead atoms. The van der Waals surface area contributed by atoms with Crippen LogP contribution < -0.4 is 16.0 Å². The molecule has 0 aliphatic heterocycles. The van der Waals surface area contributed by atoms with Crippen LogP contribution in [-0.2, 0) is 19.5 Å². The highest BCUT2D eigenvalue weighted by atomic mass is 127. The lowest BCUT2D eigenvalue weighted by Gasteiger charge is -2.13. The average Bonchev–Trinajstić information content (AvgIpc) is 3.16. The summed E-state index contributed by atoms with van der Waals surface area (Å²) in [6.45, 7) is 6.84. The number of carbonyl (C=O) groups excluding carboxylic acids is 1. The van der Waals surface area contributed by atoms with Crippen molar-refractivity contribution in [2.75, 3.05) is 20.1 Å². The van der Waals surface area contributed by atoms with Gasteiger partial charge in [0.2, 0.25) is 0 Å². The fourth-order valence-corrected chi connectivity index (χ4v) is 2.60. The summed E-state index contributed by atoms with van der Waals surface area (Å²) in [7, 11) is 1.74. The van der Waals surface area contributed by atoms with Crippen LogP contribution in [0.1, 0.15) is 42.0 Å². The molecule has 1 aromatic heterocycles. The van der Waals surface area contributed by atoms with Gasteiger partial charge < -0.3 is 20.5 Å². The first-order valence-electron chi connectivity index (χ1n) is 9.36. The van der Waals surface area contributed by atoms with E-state index >= 15 is 0 Å². The number of guanidine groups is 1. The quantitative estimate of drug-likeness (QED) is 0.279. The maximum atomic E-state index is 12.1. The Morgan fingerprint density at radius 1 is 1.18 bits per heavy atom. The number of aryl methyl sites for hydroxylation is 1. The van der Waals surface area contributed by atoms with E-state index < -0.39 is 0 Å². The van der Waals surface area contributed by atoms with Crippen LogP contribution in [0.5, 0.6) is 0 Å². The van der Waals surface area contributed by atoms with Gasteiger partial charge in [0.25, 0.3) is 5.91 Å². The minimum atomic E-state index is -0.0399. The van der Waals surface area contributed by atoms with Gasteiger partial charge in [-0.3, -0.25) is 9.79 Å². The maximum absolute atomic E-state index is 12.1. The largest absolute Gasteiger partial charge is 0.355 e. The number of aliphatic imine (C=N–C) groups is 1. The number of nitrogens with zero attached hydrogens (tertiary/aromatic N) is 4. The summed E-state index contributed by atoms with van der Waals surface area (Å²) < 4.78 is 2.03. The first-order valence-corrected chi connectivity index (χ1v) is 9.36. The van der Waals surface area contributed by atoms with Gasteiger partial charge >= 0.3 is 0 Å². The summed E-state index contributed by atoms with van der Waals surface area (Å²) in [5.41, 5.74) is 1.69. The van der Waals surface area contributed by atoms with Gasteiger partial charge in [-0.25, -0.2) is 0 Å². The van der Waals surface area contributed by atoms with Crippen molar-refractivity contribution in [1.82, 2.24) is 30.7 Å². The molecule has 1 heterocycles. The van der Waals surface area contributed by atoms with Crippen LogP contribution >= 0.6 is 24.0 Å². The minimum absolute atomic E-state index is 0. The number of halogens is 1. The van der Waals surface area contributed by atoms with Gasteiger partial charge in [0, 0.05) is 45.2 Å². The second-order valence-electron chi connectivity index (χ2n) is 6.10. The first-order chi connectivity index (χ1) is 13.2. The molecular weight excluding hydrogens is 469 g/mol. The molecule has 1 aromatic carbocycles. The summed E-state index contributed by atoms with van der Waals surface area (Å²) in [5.74, 6) is 1.64. The van der Waals surface area contributed by atoms with E-state index in [9.17, 15) is 4.79 Å². The molecule has 28 heavy (non-hydrogen) atoms. The number of benzene rings is 1. The molecule has 0 radical (unpaired) electrons. The van der Waals surface area contributed by atoms with Gasteiger partial charge in [0.1, 0.15) is 12.2 Å². The van der Waals surface area contributed by atoms with E-state index in [1.807, 2.05) is 35.8 Å². The number of aromatic nitrogens is 3. The molecule has 3 N–H and O–H groups in total. The Balaban J connectivity index is 0.00000392. The van der Waals surface area contributed by atoms with Crippen molar-refractivity contribution in [3.05, 3.63) is 47.5 Å². The topological polar surface area (TPSA) is 96.2 Å². The van der Waals surface area contributed by atoms with E-state index in [4.69, 9.17) is 0 Å². The molecule has 0 unspecified atom stereocenters. The molecule has 0 saturated heterocycles. The normalized spacial score (nSPS) is 10.9. The van der Waals surface area contributed by atoms with Gasteiger partial charge in [-0.05, 0) is 24.1 Å². The van der Waals surface area contributed by atoms with E-state index in [1.165, 1.54) is 0 Å². The smallest absolute Gasteiger partial charge is 0.251 e. The molecule has 8 nitrogen and oxygen atoms in total. The Morgan fingerprint density at radius 2 is 2.00 bits per heavy atom. The second kappa shape index (κ2) is 13.1. The van der Waals surface area contributed by atoms with Gasteiger partial charge in [-0.1, -0.05) is 26.0 Å². The number of hydrogen-bond donors (Lipinski definition) is 3. The van der Waals surface area contributed by atoms with Crippen molar-refractivity contribution in [2.45, 2.75) is 39.8 Å². The van der Waals surface area contributed by atoms with Gasteiger partial charge in [0.15, 0.2) is 5.96 Å². The Hall–Kier alpha value is -2.17. The molecule has 2 rings (SSSR count). The zero-order chi connectivity index (χ0) is 19.5. The molecular formula is C19H30IN7O. The summed E-state index contributed by atoms with van der Waals surface area (Å²) in [4.78, 5) is 16.3. The summed E-state index contributed by atoms with van der Waals surface area (Å²) in [5, 5.41) is 17.5. The Labute approximate surface area is 183 Å². The van der Waals surface area contributed by atoms with Crippen molar-refractivity contribution in [1.29, 1.82) is 0 Å². The number of hydrogen-bond acceptors (Lipinski definition) is 4. The van der Waals surface area contributed by atoms with Crippen LogP contribution in [0.25, 0.3) is 0 Å². The van der Waals surface area contributed by atoms with Gasteiger partial charge in [0.05, 0.1) is 0 Å². The molecule has 9 heteroatoms. The third-order valence-electron chi connectivity index (χ3n) is 4.07. The molecule has 2 aromatic rings. The van der Waals surface area contributed by atoms with E-state index in [-0.39, 0.29) is 29.9 Å². The van der Waals surface area contributed by atoms with E-state index in [2.05, 4.69) is 38.1 Å². The molecule has 0 atom stereocenters. The van der Waals surface area contributed by atoms with Crippen molar-refractivity contribution in [3.8, 4) is 0 Å². The highest BCUT2D eigenvalue weighted by molar-refractivity contribution is 14.0. The molecule has 0 aliphatic carbocycles. The molecule has 0 fully saturated rings. The monoisotopic (exact) mass is 499 g/mol. The first kappa shape index (κ1) is 23.9. The predicted octanol–water partition coefficient (Wildman–Crippen LogP) is 1.96. The molecule has 0 saturated carbocycles. The lowest BCUT2D eigenvalue weighted by Crippen LogP contribution is -2.38. The molecule has 154 valence electrons. The standard InChI is InChI=1S/C19H29N7O.HI/c1-4-9-21-18(27)16-8-6-7-15(12-16)13-23-19(20-3)22-10-11-26-14-24-25-17(26)5-2;/h6-8,12,14H,4-5,9-11,13H2,1-3H3,(H,21,27)(H2,20,22,23);1H. The van der Waals surface area contributed by atoms with E-state index in [0.717, 1.165) is 30.8 Å². The highest BCUT2D eigenvalue weighted by Gasteiger charge is 2.06. The van der Waals surface area contributed by atoms with E-state index in [1.54, 1.807) is 13.4 Å². The van der Waals surface area contributed by atoms with Crippen LogP contribution in [0.15, 0.2) is 35.6 Å². The average molecular weight is 499 g/mol. The highest BCUT2D eigenvalue weighted by Crippen LogP contribution is 2.05. The maximum Gasteiger partial charge on any atom is 0.251 e. The zero-order valence-corrected chi connectivity index (χ0v) is 19.1. The summed E-state index contributed by atoms with van der Waals surface area (Å²) in [6, 6.07) is 7.61. The van der Waals surface area contributed by atoms with Crippen LogP contribution in [-0.4, -0.2) is 46.8 Å². The number of nitrogens with one attached hydrogen (secondary N) is 3. The SMILES string of the molecule is CCCNC(=O)c1cccc(CNC(=NC)NCCn2cnnc2CC)c1.I. The fourth-order valence-electron chi connectivity index (χ4n) is 2.60. The lowest BCUT2D eigenvalue weighted by atomic mass is 10.1. The summed E-state index contributed by atoms with van der Waals surface area (Å²) >= 11 is 0. The Kier molecular flexibility index (Phi) is 11.2. The number of rotatable bonds is 9. The van der Waals surface area contributed by atoms with Crippen molar-refractivity contribution >= 4 is 35.8 Å². The Bertz CT molecular complexity index is 760. The van der Waals surface area contributed by atoms with Crippen LogP contribution in [0.3, 0.4) is 0 Å². The minimum Gasteiger partial charge on any atom is -0.355 e. The predicted molar refractivity (Wildman–Crippen MR) is 122 cm³/mol. The molecule has 0 aliphatic rings. The number of amides is 1. The van der Waals surface area contributed by atoms with E-state index in [0.29, 0.717) is 31.2 Å². The molecule has 1 amide bonds. The third kappa shape index (κ3) is 7.45. The lowest BCUT2D eigenvalue weighted by molar-refractivity contribution is 0.0953. The summed E-state index contributed by atoms with van der Waals surface area (Å²) in [6.07, 6.45) is 3.52. The van der Waals surface area contributed by atoms with Crippen LogP contribution in [0.2, 0.25) is 0 Å². The second-order valence-corrected chi connectivity index (χ2v) is 6.10. The zero-order valence-electron chi connectivity index (χ0n) is 16.7. The Morgan fingerprint density at radius 3 is 2.71 bits per heavy atom. The number of carbonyl (C=O) groups is 1.